The average Bonchev–Trinajstić information content (AvgIpc) is 2.78. The zero-order chi connectivity index (χ0) is 14.9. The number of benzene rings is 1. The van der Waals surface area contributed by atoms with Crippen molar-refractivity contribution in [3.63, 3.8) is 0 Å². The highest BCUT2D eigenvalue weighted by Gasteiger charge is 2.22. The van der Waals surface area contributed by atoms with Crippen LogP contribution in [0.3, 0.4) is 0 Å². The SMILES string of the molecule is O=C(O)c1cc([N+](=O)[O-])nn1Cc1ccc(Cl)c(Cl)c1. The quantitative estimate of drug-likeness (QED) is 0.691. The van der Waals surface area contributed by atoms with Gasteiger partial charge in [0.05, 0.1) is 27.8 Å². The smallest absolute Gasteiger partial charge is 0.390 e. The summed E-state index contributed by atoms with van der Waals surface area (Å²) in [5, 5.41) is 24.0. The van der Waals surface area contributed by atoms with E-state index in [-0.39, 0.29) is 12.2 Å². The molecule has 0 saturated heterocycles. The van der Waals surface area contributed by atoms with Gasteiger partial charge in [-0.05, 0) is 22.6 Å². The van der Waals surface area contributed by atoms with Crippen LogP contribution in [0.5, 0.6) is 0 Å². The topological polar surface area (TPSA) is 98.3 Å². The Bertz CT molecular complexity index is 699. The number of carboxylic acids is 1. The molecule has 2 aromatic rings. The van der Waals surface area contributed by atoms with Gasteiger partial charge in [-0.15, -0.1) is 0 Å². The van der Waals surface area contributed by atoms with Crippen LogP contribution in [0.1, 0.15) is 16.1 Å². The first kappa shape index (κ1) is 14.3. The van der Waals surface area contributed by atoms with Crippen LogP contribution in [-0.2, 0) is 6.54 Å². The number of carbonyl (C=O) groups is 1. The number of hydrogen-bond donors (Lipinski definition) is 1. The van der Waals surface area contributed by atoms with Gasteiger partial charge in [0.25, 0.3) is 0 Å². The van der Waals surface area contributed by atoms with Crippen molar-refractivity contribution in [1.82, 2.24) is 9.78 Å². The normalized spacial score (nSPS) is 10.5. The van der Waals surface area contributed by atoms with Crippen LogP contribution in [0.25, 0.3) is 0 Å². The first-order valence-electron chi connectivity index (χ1n) is 5.28. The van der Waals surface area contributed by atoms with Crippen LogP contribution in [0.4, 0.5) is 5.82 Å². The van der Waals surface area contributed by atoms with E-state index in [1.54, 1.807) is 18.2 Å². The summed E-state index contributed by atoms with van der Waals surface area (Å²) >= 11 is 11.6. The summed E-state index contributed by atoms with van der Waals surface area (Å²) in [6, 6.07) is 5.63. The van der Waals surface area contributed by atoms with E-state index in [4.69, 9.17) is 28.3 Å². The summed E-state index contributed by atoms with van der Waals surface area (Å²) in [6.07, 6.45) is 0. The molecule has 0 amide bonds. The molecule has 1 aromatic heterocycles. The monoisotopic (exact) mass is 315 g/mol. The number of hydrogen-bond acceptors (Lipinski definition) is 4. The second-order valence-corrected chi connectivity index (χ2v) is 4.67. The second kappa shape index (κ2) is 5.48. The fraction of sp³-hybridized carbons (Fsp3) is 0.0909. The molecule has 0 aliphatic carbocycles. The standard InChI is InChI=1S/C11H7Cl2N3O4/c12-7-2-1-6(3-8(7)13)5-15-9(11(17)18)4-10(14-15)16(19)20/h1-4H,5H2,(H,17,18). The molecule has 1 heterocycles. The van der Waals surface area contributed by atoms with Gasteiger partial charge in [-0.3, -0.25) is 0 Å². The van der Waals surface area contributed by atoms with Crippen LogP contribution in [-0.4, -0.2) is 25.8 Å². The Morgan fingerprint density at radius 1 is 1.35 bits per heavy atom. The van der Waals surface area contributed by atoms with Gasteiger partial charge in [0.2, 0.25) is 0 Å². The maximum absolute atomic E-state index is 11.0. The summed E-state index contributed by atoms with van der Waals surface area (Å²) in [4.78, 5) is 20.9. The van der Waals surface area contributed by atoms with Crippen LogP contribution in [0.15, 0.2) is 24.3 Å². The molecule has 1 aromatic carbocycles. The van der Waals surface area contributed by atoms with Gasteiger partial charge in [0.1, 0.15) is 0 Å². The van der Waals surface area contributed by atoms with Crippen molar-refractivity contribution in [1.29, 1.82) is 0 Å². The molecule has 2 rings (SSSR count). The lowest BCUT2D eigenvalue weighted by atomic mass is 10.2. The lowest BCUT2D eigenvalue weighted by molar-refractivity contribution is -0.389. The van der Waals surface area contributed by atoms with Gasteiger partial charge < -0.3 is 15.2 Å². The molecule has 0 fully saturated rings. The van der Waals surface area contributed by atoms with Gasteiger partial charge in [0, 0.05) is 0 Å². The molecule has 1 N–H and O–H groups in total. The van der Waals surface area contributed by atoms with E-state index >= 15 is 0 Å². The summed E-state index contributed by atoms with van der Waals surface area (Å²) in [7, 11) is 0. The van der Waals surface area contributed by atoms with Gasteiger partial charge in [-0.2, -0.15) is 4.68 Å². The molecule has 7 nitrogen and oxygen atoms in total. The summed E-state index contributed by atoms with van der Waals surface area (Å²) in [5.41, 5.74) is 0.350. The third kappa shape index (κ3) is 2.89. The minimum absolute atomic E-state index is 0.0341. The Balaban J connectivity index is 2.39. The van der Waals surface area contributed by atoms with E-state index < -0.39 is 16.7 Å². The zero-order valence-electron chi connectivity index (χ0n) is 9.79. The third-order valence-corrected chi connectivity index (χ3v) is 3.23. The van der Waals surface area contributed by atoms with E-state index in [0.29, 0.717) is 15.6 Å². The minimum Gasteiger partial charge on any atom is -0.476 e. The molecule has 0 saturated carbocycles. The molecule has 104 valence electrons. The van der Waals surface area contributed by atoms with Crippen molar-refractivity contribution in [2.45, 2.75) is 6.54 Å². The maximum Gasteiger partial charge on any atom is 0.390 e. The van der Waals surface area contributed by atoms with E-state index in [1.165, 1.54) is 0 Å². The average molecular weight is 316 g/mol. The molecule has 0 bridgehead atoms. The van der Waals surface area contributed by atoms with Crippen molar-refractivity contribution in [2.75, 3.05) is 0 Å². The van der Waals surface area contributed by atoms with E-state index in [9.17, 15) is 14.9 Å². The number of nitro groups is 1. The number of aromatic carboxylic acids is 1. The van der Waals surface area contributed by atoms with Gasteiger partial charge >= 0.3 is 11.8 Å². The molecular formula is C11H7Cl2N3O4. The van der Waals surface area contributed by atoms with Crippen LogP contribution in [0, 0.1) is 10.1 Å². The van der Waals surface area contributed by atoms with E-state index in [2.05, 4.69) is 5.10 Å². The van der Waals surface area contributed by atoms with Gasteiger partial charge in [-0.1, -0.05) is 29.3 Å². The number of carboxylic acid groups (broad SMARTS) is 1. The van der Waals surface area contributed by atoms with Crippen LogP contribution in [0.2, 0.25) is 10.0 Å². The molecule has 20 heavy (non-hydrogen) atoms. The highest BCUT2D eigenvalue weighted by atomic mass is 35.5. The summed E-state index contributed by atoms with van der Waals surface area (Å²) < 4.78 is 1.03. The molecule has 0 aliphatic heterocycles. The van der Waals surface area contributed by atoms with Gasteiger partial charge in [0.15, 0.2) is 5.69 Å². The summed E-state index contributed by atoms with van der Waals surface area (Å²) in [5.74, 6) is -1.83. The number of aromatic nitrogens is 2. The lowest BCUT2D eigenvalue weighted by Crippen LogP contribution is -2.11. The van der Waals surface area contributed by atoms with Crippen molar-refractivity contribution < 1.29 is 14.8 Å². The largest absolute Gasteiger partial charge is 0.476 e. The Labute approximate surface area is 122 Å². The fourth-order valence-electron chi connectivity index (χ4n) is 1.60. The predicted octanol–water partition coefficient (Wildman–Crippen LogP) is 2.84. The van der Waals surface area contributed by atoms with Crippen molar-refractivity contribution in [2.24, 2.45) is 0 Å². The Morgan fingerprint density at radius 2 is 2.05 bits per heavy atom. The number of nitrogens with zero attached hydrogens (tertiary/aromatic N) is 3. The van der Waals surface area contributed by atoms with Crippen molar-refractivity contribution in [3.05, 3.63) is 55.7 Å². The summed E-state index contributed by atoms with van der Waals surface area (Å²) in [6.45, 7) is 0.0341. The number of rotatable bonds is 4. The Hall–Kier alpha value is -2.12. The third-order valence-electron chi connectivity index (χ3n) is 2.49. The van der Waals surface area contributed by atoms with Crippen molar-refractivity contribution in [3.8, 4) is 0 Å². The molecule has 9 heteroatoms. The Morgan fingerprint density at radius 3 is 2.60 bits per heavy atom. The van der Waals surface area contributed by atoms with E-state index in [0.717, 1.165) is 10.7 Å². The molecule has 0 radical (unpaired) electrons. The first-order chi connectivity index (χ1) is 9.38. The first-order valence-corrected chi connectivity index (χ1v) is 6.03. The van der Waals surface area contributed by atoms with Crippen molar-refractivity contribution >= 4 is 35.0 Å². The molecular weight excluding hydrogens is 309 g/mol. The number of halogens is 2. The van der Waals surface area contributed by atoms with Crippen LogP contribution < -0.4 is 0 Å². The zero-order valence-corrected chi connectivity index (χ0v) is 11.3. The lowest BCUT2D eigenvalue weighted by Gasteiger charge is -2.02. The maximum atomic E-state index is 11.0. The minimum atomic E-state index is -1.30. The fourth-order valence-corrected chi connectivity index (χ4v) is 1.92. The van der Waals surface area contributed by atoms with Gasteiger partial charge in [-0.25, -0.2) is 4.79 Å². The molecule has 0 aliphatic rings. The molecule has 0 unspecified atom stereocenters. The Kier molecular flexibility index (Phi) is 3.91. The molecule has 0 atom stereocenters. The van der Waals surface area contributed by atoms with E-state index in [1.807, 2.05) is 0 Å². The predicted molar refractivity (Wildman–Crippen MR) is 71.4 cm³/mol. The van der Waals surface area contributed by atoms with Crippen LogP contribution >= 0.6 is 23.2 Å². The molecule has 0 spiro atoms. The highest BCUT2D eigenvalue weighted by Crippen LogP contribution is 2.23. The highest BCUT2D eigenvalue weighted by molar-refractivity contribution is 6.42. The second-order valence-electron chi connectivity index (χ2n) is 3.86.